The predicted octanol–water partition coefficient (Wildman–Crippen LogP) is 4.14. The van der Waals surface area contributed by atoms with Crippen LogP contribution < -0.4 is 5.32 Å². The number of halogens is 2. The number of rotatable bonds is 5. The van der Waals surface area contributed by atoms with Gasteiger partial charge in [-0.1, -0.05) is 29.8 Å². The molecule has 2 aliphatic rings. The third-order valence-corrected chi connectivity index (χ3v) is 8.11. The van der Waals surface area contributed by atoms with E-state index in [1.54, 1.807) is 0 Å². The van der Waals surface area contributed by atoms with Gasteiger partial charge in [0.25, 0.3) is 0 Å². The van der Waals surface area contributed by atoms with Crippen LogP contribution in [0.1, 0.15) is 39.5 Å². The van der Waals surface area contributed by atoms with Crippen LogP contribution in [0.3, 0.4) is 0 Å². The summed E-state index contributed by atoms with van der Waals surface area (Å²) in [5.41, 5.74) is 4.26. The van der Waals surface area contributed by atoms with Crippen molar-refractivity contribution in [2.45, 2.75) is 25.9 Å². The molecule has 1 aromatic carbocycles. The number of carbonyl (C=O) groups excluding carboxylic acids is 2. The minimum atomic E-state index is -0.232. The topological polar surface area (TPSA) is 52.6 Å². The van der Waals surface area contributed by atoms with Crippen molar-refractivity contribution < 1.29 is 9.59 Å². The molecule has 0 spiro atoms. The average molecular weight is 541 g/mol. The molecule has 1 N–H and O–H groups in total. The molecule has 0 bridgehead atoms. The number of Topliss-reactive ketones (excluding diaryl/α,β-unsaturated/α-hetero) is 1. The highest BCUT2D eigenvalue weighted by atomic mass is 79.9. The van der Waals surface area contributed by atoms with Crippen LogP contribution in [0, 0.1) is 6.92 Å². The maximum atomic E-state index is 12.6. The van der Waals surface area contributed by atoms with E-state index < -0.39 is 0 Å². The summed E-state index contributed by atoms with van der Waals surface area (Å²) >= 11 is 8.48. The van der Waals surface area contributed by atoms with Crippen molar-refractivity contribution >= 4 is 54.9 Å². The van der Waals surface area contributed by atoms with E-state index in [1.807, 2.05) is 0 Å². The zero-order valence-electron chi connectivity index (χ0n) is 16.2. The van der Waals surface area contributed by atoms with E-state index in [4.69, 9.17) is 0 Å². The van der Waals surface area contributed by atoms with Crippen molar-refractivity contribution in [2.75, 3.05) is 32.7 Å². The highest BCUT2D eigenvalue weighted by Gasteiger charge is 2.36. The number of piperazine rings is 1. The fourth-order valence-corrected chi connectivity index (χ4v) is 7.46. The first-order chi connectivity index (χ1) is 13.9. The fourth-order valence-electron chi connectivity index (χ4n) is 4.09. The van der Waals surface area contributed by atoms with Gasteiger partial charge in [-0.3, -0.25) is 19.4 Å². The second kappa shape index (κ2) is 8.98. The molecule has 8 heteroatoms. The summed E-state index contributed by atoms with van der Waals surface area (Å²) in [5, 5.41) is 3.07. The summed E-state index contributed by atoms with van der Waals surface area (Å²) in [6.07, 6.45) is 0.339. The monoisotopic (exact) mass is 539 g/mol. The first-order valence-electron chi connectivity index (χ1n) is 9.71. The molecule has 1 amide bonds. The van der Waals surface area contributed by atoms with Crippen LogP contribution in [0.4, 0.5) is 0 Å². The number of hydrogen-bond donors (Lipinski definition) is 1. The van der Waals surface area contributed by atoms with Crippen molar-refractivity contribution in [1.29, 1.82) is 0 Å². The van der Waals surface area contributed by atoms with E-state index in [2.05, 4.69) is 78.2 Å². The molecular formula is C21H23Br2N3O2S. The van der Waals surface area contributed by atoms with Gasteiger partial charge >= 0.3 is 0 Å². The molecule has 2 aromatic rings. The Labute approximate surface area is 191 Å². The van der Waals surface area contributed by atoms with E-state index in [9.17, 15) is 9.59 Å². The highest BCUT2D eigenvalue weighted by Crippen LogP contribution is 2.46. The number of nitrogens with zero attached hydrogens (tertiary/aromatic N) is 2. The number of benzene rings is 1. The fraction of sp³-hybridized carbons (Fsp3) is 0.429. The minimum Gasteiger partial charge on any atom is -0.348 e. The van der Waals surface area contributed by atoms with E-state index >= 15 is 0 Å². The average Bonchev–Trinajstić information content (AvgIpc) is 3.15. The van der Waals surface area contributed by atoms with Gasteiger partial charge in [0.2, 0.25) is 5.91 Å². The van der Waals surface area contributed by atoms with Gasteiger partial charge in [-0.15, -0.1) is 11.3 Å². The van der Waals surface area contributed by atoms with Crippen molar-refractivity contribution in [3.8, 4) is 0 Å². The summed E-state index contributed by atoms with van der Waals surface area (Å²) < 4.78 is 1.76. The van der Waals surface area contributed by atoms with E-state index in [0.717, 1.165) is 51.4 Å². The number of aryl methyl sites for hydroxylation is 1. The number of nitrogens with one attached hydrogen (secondary N) is 1. The van der Waals surface area contributed by atoms with Crippen LogP contribution >= 0.6 is 43.2 Å². The zero-order valence-corrected chi connectivity index (χ0v) is 20.2. The van der Waals surface area contributed by atoms with Gasteiger partial charge in [-0.25, -0.2) is 0 Å². The molecule has 1 unspecified atom stereocenters. The molecule has 1 aromatic heterocycles. The molecule has 2 heterocycles. The lowest BCUT2D eigenvalue weighted by Crippen LogP contribution is -2.49. The number of ketones is 1. The second-order valence-electron chi connectivity index (χ2n) is 7.73. The van der Waals surface area contributed by atoms with Crippen molar-refractivity contribution in [2.24, 2.45) is 0 Å². The predicted molar refractivity (Wildman–Crippen MR) is 122 cm³/mol. The van der Waals surface area contributed by atoms with Crippen LogP contribution in [0.25, 0.3) is 0 Å². The number of thiophene rings is 1. The summed E-state index contributed by atoms with van der Waals surface area (Å²) in [6.45, 7) is 7.11. The quantitative estimate of drug-likeness (QED) is 0.619. The number of fused-ring (bicyclic) bond motifs is 1. The van der Waals surface area contributed by atoms with Crippen LogP contribution in [0.15, 0.2) is 31.8 Å². The molecule has 1 atom stereocenters. The molecule has 154 valence electrons. The van der Waals surface area contributed by atoms with Gasteiger partial charge in [0.15, 0.2) is 5.78 Å². The smallest absolute Gasteiger partial charge is 0.234 e. The van der Waals surface area contributed by atoms with Crippen molar-refractivity contribution in [3.05, 3.63) is 54.1 Å². The lowest BCUT2D eigenvalue weighted by molar-refractivity contribution is -0.123. The van der Waals surface area contributed by atoms with Gasteiger partial charge < -0.3 is 5.32 Å². The number of amides is 1. The minimum absolute atomic E-state index is 0.0167. The first-order valence-corrected chi connectivity index (χ1v) is 12.1. The van der Waals surface area contributed by atoms with Crippen molar-refractivity contribution in [3.63, 3.8) is 0 Å². The molecule has 0 saturated carbocycles. The molecule has 1 fully saturated rings. The van der Waals surface area contributed by atoms with Crippen LogP contribution in [-0.2, 0) is 11.3 Å². The Balaban J connectivity index is 1.27. The Morgan fingerprint density at radius 3 is 2.62 bits per heavy atom. The molecular weight excluding hydrogens is 518 g/mol. The molecule has 1 saturated heterocycles. The molecule has 0 radical (unpaired) electrons. The normalized spacial score (nSPS) is 20.1. The van der Waals surface area contributed by atoms with Crippen LogP contribution in [-0.4, -0.2) is 54.2 Å². The maximum absolute atomic E-state index is 12.6. The summed E-state index contributed by atoms with van der Waals surface area (Å²) in [5.74, 6) is 0.0703. The zero-order chi connectivity index (χ0) is 20.5. The van der Waals surface area contributed by atoms with Crippen LogP contribution in [0.2, 0.25) is 0 Å². The van der Waals surface area contributed by atoms with Gasteiger partial charge in [0.05, 0.1) is 20.2 Å². The van der Waals surface area contributed by atoms with E-state index in [0.29, 0.717) is 13.0 Å². The molecule has 1 aliphatic carbocycles. The lowest BCUT2D eigenvalue weighted by atomic mass is 10.1. The summed E-state index contributed by atoms with van der Waals surface area (Å²) in [7, 11) is 0. The second-order valence-corrected chi connectivity index (χ2v) is 11.4. The Morgan fingerprint density at radius 1 is 1.17 bits per heavy atom. The third kappa shape index (κ3) is 4.82. The Bertz CT molecular complexity index is 938. The molecule has 4 rings (SSSR count). The number of carbonyl (C=O) groups is 2. The maximum Gasteiger partial charge on any atom is 0.234 e. The largest absolute Gasteiger partial charge is 0.348 e. The molecule has 5 nitrogen and oxygen atoms in total. The van der Waals surface area contributed by atoms with E-state index in [-0.39, 0.29) is 17.7 Å². The van der Waals surface area contributed by atoms with Gasteiger partial charge in [-0.2, -0.15) is 0 Å². The molecule has 1 aliphatic heterocycles. The standard InChI is InChI=1S/C21H23Br2N3O2S/c1-13-3-2-4-14(9-13)11-25-5-7-26(8-6-25)12-17(28)24-15-10-16(27)19-18(15)20(22)29-21(19)23/h2-4,9,15H,5-8,10-12H2,1H3,(H,24,28). The Hall–Kier alpha value is -1.06. The van der Waals surface area contributed by atoms with Crippen molar-refractivity contribution in [1.82, 2.24) is 15.1 Å². The van der Waals surface area contributed by atoms with Crippen LogP contribution in [0.5, 0.6) is 0 Å². The SMILES string of the molecule is Cc1cccc(CN2CCN(CC(=O)NC3CC(=O)c4c(Br)sc(Br)c43)CC2)c1. The summed E-state index contributed by atoms with van der Waals surface area (Å²) in [6, 6.07) is 8.40. The highest BCUT2D eigenvalue weighted by molar-refractivity contribution is 9.12. The Morgan fingerprint density at radius 2 is 1.90 bits per heavy atom. The molecule has 29 heavy (non-hydrogen) atoms. The lowest BCUT2D eigenvalue weighted by Gasteiger charge is -2.34. The van der Waals surface area contributed by atoms with Gasteiger partial charge in [0.1, 0.15) is 0 Å². The first kappa shape index (κ1) is 21.2. The Kier molecular flexibility index (Phi) is 6.56. The summed E-state index contributed by atoms with van der Waals surface area (Å²) in [4.78, 5) is 29.5. The van der Waals surface area contributed by atoms with Gasteiger partial charge in [-0.05, 0) is 44.3 Å². The third-order valence-electron chi connectivity index (χ3n) is 5.53. The van der Waals surface area contributed by atoms with Gasteiger partial charge in [0, 0.05) is 50.3 Å². The van der Waals surface area contributed by atoms with E-state index in [1.165, 1.54) is 22.5 Å². The number of hydrogen-bond acceptors (Lipinski definition) is 5.